The monoisotopic (exact) mass is 425 g/mol. The van der Waals surface area contributed by atoms with Crippen molar-refractivity contribution < 1.29 is 34.9 Å². The molecule has 1 aliphatic rings. The van der Waals surface area contributed by atoms with Crippen LogP contribution in [0, 0.1) is 5.82 Å². The Kier molecular flexibility index (Phi) is 5.45. The largest absolute Gasteiger partial charge is 0.404 e. The van der Waals surface area contributed by atoms with Crippen molar-refractivity contribution in [3.63, 3.8) is 0 Å². The van der Waals surface area contributed by atoms with E-state index in [2.05, 4.69) is 10.1 Å². The van der Waals surface area contributed by atoms with Gasteiger partial charge in [-0.3, -0.25) is 4.39 Å². The number of aromatic nitrogens is 2. The van der Waals surface area contributed by atoms with Crippen LogP contribution >= 0.6 is 0 Å². The fraction of sp³-hybridized carbons (Fsp3) is 0.500. The number of sulfonamides is 1. The highest BCUT2D eigenvalue weighted by Crippen LogP contribution is 2.48. The summed E-state index contributed by atoms with van der Waals surface area (Å²) in [5.74, 6) is -2.24. The summed E-state index contributed by atoms with van der Waals surface area (Å²) in [7, 11) is -4.06. The number of halogens is 5. The molecule has 12 heteroatoms. The molecule has 0 radical (unpaired) electrons. The molecule has 2 aromatic rings. The second-order valence-corrected chi connectivity index (χ2v) is 8.54. The third-order valence-electron chi connectivity index (χ3n) is 4.62. The number of hydrogen-bond acceptors (Lipinski definition) is 5. The lowest BCUT2D eigenvalue weighted by Crippen LogP contribution is -2.46. The number of nitrogens with zero attached hydrogens (tertiary/aromatic N) is 3. The van der Waals surface area contributed by atoms with Crippen LogP contribution in [0.1, 0.15) is 18.7 Å². The van der Waals surface area contributed by atoms with Crippen LogP contribution in [0.4, 0.5) is 22.0 Å². The minimum Gasteiger partial charge on any atom is -0.338 e. The van der Waals surface area contributed by atoms with Crippen LogP contribution in [-0.2, 0) is 15.4 Å². The van der Waals surface area contributed by atoms with Crippen molar-refractivity contribution in [1.82, 2.24) is 14.4 Å². The molecule has 0 saturated carbocycles. The van der Waals surface area contributed by atoms with Crippen molar-refractivity contribution in [2.24, 2.45) is 0 Å². The van der Waals surface area contributed by atoms with E-state index in [1.807, 2.05) is 0 Å². The molecule has 1 fully saturated rings. The van der Waals surface area contributed by atoms with E-state index >= 15 is 0 Å². The molecule has 2 heterocycles. The topological polar surface area (TPSA) is 76.3 Å². The molecule has 3 rings (SSSR count). The normalized spacial score (nSPS) is 21.3. The van der Waals surface area contributed by atoms with E-state index in [9.17, 15) is 30.4 Å². The van der Waals surface area contributed by atoms with E-state index in [4.69, 9.17) is 4.52 Å². The molecule has 0 spiro atoms. The molecule has 1 atom stereocenters. The molecule has 1 saturated heterocycles. The summed E-state index contributed by atoms with van der Waals surface area (Å²) in [5, 5.41) is 3.50. The fourth-order valence-electron chi connectivity index (χ4n) is 3.07. The Balaban J connectivity index is 1.95. The van der Waals surface area contributed by atoms with Gasteiger partial charge in [0.2, 0.25) is 21.7 Å². The zero-order chi connectivity index (χ0) is 20.6. The highest BCUT2D eigenvalue weighted by atomic mass is 32.2. The zero-order valence-electron chi connectivity index (χ0n) is 14.4. The van der Waals surface area contributed by atoms with E-state index < -0.39 is 65.3 Å². The van der Waals surface area contributed by atoms with Gasteiger partial charge < -0.3 is 4.52 Å². The lowest BCUT2D eigenvalue weighted by Gasteiger charge is -2.27. The van der Waals surface area contributed by atoms with Gasteiger partial charge in [0.15, 0.2) is 5.41 Å². The molecule has 0 amide bonds. The van der Waals surface area contributed by atoms with Crippen molar-refractivity contribution in [3.05, 3.63) is 36.0 Å². The third kappa shape index (κ3) is 3.75. The SMILES string of the molecule is O=S(=O)(CCCF)N1CCC(c2nc(-c3cccc(F)c3)no2)(C(F)(F)F)C1. The molecular weight excluding hydrogens is 409 g/mol. The first-order valence-corrected chi connectivity index (χ1v) is 9.91. The maximum Gasteiger partial charge on any atom is 0.404 e. The maximum absolute atomic E-state index is 13.9. The van der Waals surface area contributed by atoms with E-state index in [0.29, 0.717) is 4.31 Å². The summed E-state index contributed by atoms with van der Waals surface area (Å²) in [6.07, 6.45) is -5.79. The predicted molar refractivity (Wildman–Crippen MR) is 88.0 cm³/mol. The quantitative estimate of drug-likeness (QED) is 0.665. The van der Waals surface area contributed by atoms with Gasteiger partial charge in [0.1, 0.15) is 5.82 Å². The summed E-state index contributed by atoms with van der Waals surface area (Å²) in [5.41, 5.74) is -2.56. The molecule has 154 valence electrons. The Morgan fingerprint density at radius 3 is 2.68 bits per heavy atom. The zero-order valence-corrected chi connectivity index (χ0v) is 15.2. The van der Waals surface area contributed by atoms with Crippen LogP contribution in [0.3, 0.4) is 0 Å². The Morgan fingerprint density at radius 1 is 1.29 bits per heavy atom. The van der Waals surface area contributed by atoms with Crippen LogP contribution in [0.25, 0.3) is 11.4 Å². The molecule has 1 aliphatic heterocycles. The minimum absolute atomic E-state index is 0.123. The highest BCUT2D eigenvalue weighted by Gasteiger charge is 2.64. The number of rotatable bonds is 6. The summed E-state index contributed by atoms with van der Waals surface area (Å²) < 4.78 is 97.3. The van der Waals surface area contributed by atoms with Gasteiger partial charge in [-0.05, 0) is 25.0 Å². The number of alkyl halides is 4. The van der Waals surface area contributed by atoms with E-state index in [1.165, 1.54) is 12.1 Å². The summed E-state index contributed by atoms with van der Waals surface area (Å²) in [6.45, 7) is -2.24. The van der Waals surface area contributed by atoms with E-state index in [-0.39, 0.29) is 17.8 Å². The molecule has 0 aliphatic carbocycles. The van der Waals surface area contributed by atoms with Crippen LogP contribution < -0.4 is 0 Å². The molecule has 6 nitrogen and oxygen atoms in total. The van der Waals surface area contributed by atoms with Gasteiger partial charge in [-0.2, -0.15) is 18.2 Å². The molecule has 28 heavy (non-hydrogen) atoms. The van der Waals surface area contributed by atoms with Gasteiger partial charge in [0.05, 0.1) is 12.4 Å². The average molecular weight is 425 g/mol. The predicted octanol–water partition coefficient (Wildman–Crippen LogP) is 3.07. The van der Waals surface area contributed by atoms with Crippen molar-refractivity contribution in [2.45, 2.75) is 24.4 Å². The smallest absolute Gasteiger partial charge is 0.338 e. The Bertz CT molecular complexity index is 947. The van der Waals surface area contributed by atoms with Crippen molar-refractivity contribution in [1.29, 1.82) is 0 Å². The van der Waals surface area contributed by atoms with Crippen LogP contribution in [0.15, 0.2) is 28.8 Å². The van der Waals surface area contributed by atoms with Crippen LogP contribution in [0.2, 0.25) is 0 Å². The molecule has 0 bridgehead atoms. The molecule has 1 aromatic heterocycles. The van der Waals surface area contributed by atoms with E-state index in [0.717, 1.165) is 12.1 Å². The minimum atomic E-state index is -4.87. The average Bonchev–Trinajstić information content (AvgIpc) is 3.27. The van der Waals surface area contributed by atoms with Gasteiger partial charge in [0.25, 0.3) is 0 Å². The van der Waals surface area contributed by atoms with Gasteiger partial charge in [-0.1, -0.05) is 17.3 Å². The number of hydrogen-bond donors (Lipinski definition) is 0. The van der Waals surface area contributed by atoms with Gasteiger partial charge >= 0.3 is 6.18 Å². The lowest BCUT2D eigenvalue weighted by atomic mass is 9.86. The van der Waals surface area contributed by atoms with Gasteiger partial charge in [0, 0.05) is 18.7 Å². The molecule has 0 N–H and O–H groups in total. The third-order valence-corrected chi connectivity index (χ3v) is 6.53. The Labute approximate surface area is 157 Å². The van der Waals surface area contributed by atoms with Crippen molar-refractivity contribution in [2.75, 3.05) is 25.5 Å². The second-order valence-electron chi connectivity index (χ2n) is 6.46. The van der Waals surface area contributed by atoms with Crippen LogP contribution in [-0.4, -0.2) is 54.6 Å². The van der Waals surface area contributed by atoms with Crippen molar-refractivity contribution in [3.8, 4) is 11.4 Å². The maximum atomic E-state index is 13.9. The summed E-state index contributed by atoms with van der Waals surface area (Å²) in [4.78, 5) is 3.77. The van der Waals surface area contributed by atoms with E-state index in [1.54, 1.807) is 0 Å². The van der Waals surface area contributed by atoms with Crippen LogP contribution in [0.5, 0.6) is 0 Å². The summed E-state index contributed by atoms with van der Waals surface area (Å²) in [6, 6.07) is 4.94. The molecule has 1 unspecified atom stereocenters. The molecule has 1 aromatic carbocycles. The Morgan fingerprint density at radius 2 is 2.04 bits per heavy atom. The number of benzene rings is 1. The first-order valence-electron chi connectivity index (χ1n) is 8.30. The Hall–Kier alpha value is -2.08. The van der Waals surface area contributed by atoms with Gasteiger partial charge in [-0.15, -0.1) is 0 Å². The lowest BCUT2D eigenvalue weighted by molar-refractivity contribution is -0.192. The first kappa shape index (κ1) is 20.6. The van der Waals surface area contributed by atoms with Gasteiger partial charge in [-0.25, -0.2) is 17.1 Å². The fourth-order valence-corrected chi connectivity index (χ4v) is 4.59. The standard InChI is InChI=1S/C16H16F5N3O3S/c17-6-2-8-28(25,26)24-7-5-15(10-24,16(19,20)21)14-22-13(23-27-14)11-3-1-4-12(18)9-11/h1,3-4,9H,2,5-8,10H2. The summed E-state index contributed by atoms with van der Waals surface area (Å²) >= 11 is 0. The second kappa shape index (κ2) is 7.39. The first-order chi connectivity index (χ1) is 13.1. The molecular formula is C16H16F5N3O3S. The van der Waals surface area contributed by atoms with Crippen molar-refractivity contribution >= 4 is 10.0 Å². The highest BCUT2D eigenvalue weighted by molar-refractivity contribution is 7.89.